The summed E-state index contributed by atoms with van der Waals surface area (Å²) in [4.78, 5) is 13.8. The highest BCUT2D eigenvalue weighted by atomic mass is 16.5. The van der Waals surface area contributed by atoms with Crippen molar-refractivity contribution in [3.8, 4) is 28.0 Å². The van der Waals surface area contributed by atoms with Gasteiger partial charge in [-0.25, -0.2) is 4.79 Å². The van der Waals surface area contributed by atoms with E-state index in [-0.39, 0.29) is 0 Å². The normalized spacial score (nSPS) is 10.4. The number of nitrogens with zero attached hydrogens (tertiary/aromatic N) is 1. The molecule has 0 N–H and O–H groups in total. The lowest BCUT2D eigenvalue weighted by molar-refractivity contribution is -0.128. The maximum absolute atomic E-state index is 11.5. The maximum atomic E-state index is 11.5. The number of ether oxygens (including phenoxy) is 1. The van der Waals surface area contributed by atoms with Gasteiger partial charge in [0, 0.05) is 23.0 Å². The Balaban J connectivity index is 1.64. The molecule has 174 valence electrons. The lowest BCUT2D eigenvalue weighted by Gasteiger charge is -2.28. The highest BCUT2D eigenvalue weighted by molar-refractivity contribution is 5.90. The van der Waals surface area contributed by atoms with Crippen molar-refractivity contribution >= 4 is 23.0 Å². The zero-order chi connectivity index (χ0) is 24.7. The third-order valence-corrected chi connectivity index (χ3v) is 5.92. The molecule has 5 aromatic rings. The van der Waals surface area contributed by atoms with Crippen molar-refractivity contribution in [2.24, 2.45) is 0 Å². The molecule has 0 saturated heterocycles. The molecule has 0 unspecified atom stereocenters. The molecule has 0 heterocycles. The van der Waals surface area contributed by atoms with Gasteiger partial charge in [-0.1, -0.05) is 91.5 Å². The van der Waals surface area contributed by atoms with Crippen LogP contribution in [0.25, 0.3) is 22.3 Å². The van der Waals surface area contributed by atoms with Crippen LogP contribution in [-0.4, -0.2) is 5.97 Å². The summed E-state index contributed by atoms with van der Waals surface area (Å²) in [5, 5.41) is 0. The van der Waals surface area contributed by atoms with Crippen LogP contribution < -0.4 is 9.64 Å². The van der Waals surface area contributed by atoms with E-state index in [0.717, 1.165) is 45.4 Å². The van der Waals surface area contributed by atoms with Crippen LogP contribution in [0.2, 0.25) is 0 Å². The highest BCUT2D eigenvalue weighted by Crippen LogP contribution is 2.42. The van der Waals surface area contributed by atoms with Crippen LogP contribution in [0.1, 0.15) is 0 Å². The second kappa shape index (κ2) is 10.6. The second-order valence-corrected chi connectivity index (χ2v) is 8.25. The molecule has 36 heavy (non-hydrogen) atoms. The summed E-state index contributed by atoms with van der Waals surface area (Å²) < 4.78 is 5.23. The zero-order valence-corrected chi connectivity index (χ0v) is 19.7. The predicted octanol–water partition coefficient (Wildman–Crippen LogP) is 8.58. The molecule has 0 aliphatic heterocycles. The molecule has 0 saturated carbocycles. The molecule has 0 fully saturated rings. The standard InChI is InChI=1S/C33H25NO2/c1-2-33(35)36-30-21-18-25(19-22-30)27-20-23-32(31(24-27)26-12-6-3-7-13-26)34(28-14-8-4-9-15-28)29-16-10-5-11-17-29/h2-24H,1H2. The predicted molar refractivity (Wildman–Crippen MR) is 148 cm³/mol. The second-order valence-electron chi connectivity index (χ2n) is 8.25. The Morgan fingerprint density at radius 2 is 1.14 bits per heavy atom. The van der Waals surface area contributed by atoms with E-state index < -0.39 is 5.97 Å². The smallest absolute Gasteiger partial charge is 0.335 e. The van der Waals surface area contributed by atoms with E-state index in [4.69, 9.17) is 4.74 Å². The molecule has 0 amide bonds. The van der Waals surface area contributed by atoms with Crippen molar-refractivity contribution in [2.75, 3.05) is 4.90 Å². The number of benzene rings is 5. The maximum Gasteiger partial charge on any atom is 0.335 e. The van der Waals surface area contributed by atoms with Crippen molar-refractivity contribution in [1.82, 2.24) is 0 Å². The summed E-state index contributed by atoms with van der Waals surface area (Å²) in [5.74, 6) is 0.0169. The quantitative estimate of drug-likeness (QED) is 0.136. The zero-order valence-electron chi connectivity index (χ0n) is 19.7. The molecule has 3 heteroatoms. The molecule has 0 radical (unpaired) electrons. The fourth-order valence-electron chi connectivity index (χ4n) is 4.21. The molecule has 0 bridgehead atoms. The number of carbonyl (C=O) groups is 1. The van der Waals surface area contributed by atoms with E-state index in [2.05, 4.69) is 102 Å². The van der Waals surface area contributed by atoms with Crippen LogP contribution in [0.15, 0.2) is 146 Å². The Labute approximate surface area is 211 Å². The van der Waals surface area contributed by atoms with Crippen LogP contribution in [0, 0.1) is 0 Å². The van der Waals surface area contributed by atoms with Gasteiger partial charge in [0.15, 0.2) is 0 Å². The first-order chi connectivity index (χ1) is 17.7. The van der Waals surface area contributed by atoms with E-state index in [1.807, 2.05) is 30.3 Å². The van der Waals surface area contributed by atoms with E-state index in [1.165, 1.54) is 0 Å². The summed E-state index contributed by atoms with van der Waals surface area (Å²) in [5.41, 5.74) is 7.59. The average Bonchev–Trinajstić information content (AvgIpc) is 2.95. The molecule has 0 atom stereocenters. The first-order valence-electron chi connectivity index (χ1n) is 11.8. The first kappa shape index (κ1) is 22.9. The molecule has 0 aromatic heterocycles. The van der Waals surface area contributed by atoms with Crippen LogP contribution in [0.4, 0.5) is 17.1 Å². The van der Waals surface area contributed by atoms with Crippen LogP contribution in [-0.2, 0) is 4.79 Å². The van der Waals surface area contributed by atoms with Gasteiger partial charge in [-0.2, -0.15) is 0 Å². The van der Waals surface area contributed by atoms with Gasteiger partial charge < -0.3 is 9.64 Å². The minimum Gasteiger partial charge on any atom is -0.423 e. The van der Waals surface area contributed by atoms with Gasteiger partial charge in [0.2, 0.25) is 0 Å². The fourth-order valence-corrected chi connectivity index (χ4v) is 4.21. The molecule has 0 aliphatic rings. The minimum atomic E-state index is -0.472. The molecule has 0 spiro atoms. The number of anilines is 3. The van der Waals surface area contributed by atoms with Crippen LogP contribution in [0.5, 0.6) is 5.75 Å². The number of hydrogen-bond donors (Lipinski definition) is 0. The van der Waals surface area contributed by atoms with Crippen molar-refractivity contribution in [3.05, 3.63) is 146 Å². The number of hydrogen-bond acceptors (Lipinski definition) is 3. The fraction of sp³-hybridized carbons (Fsp3) is 0. The minimum absolute atomic E-state index is 0.472. The lowest BCUT2D eigenvalue weighted by atomic mass is 9.96. The van der Waals surface area contributed by atoms with Gasteiger partial charge in [0.1, 0.15) is 5.75 Å². The van der Waals surface area contributed by atoms with Gasteiger partial charge in [-0.15, -0.1) is 0 Å². The Morgan fingerprint density at radius 1 is 0.611 bits per heavy atom. The van der Waals surface area contributed by atoms with Crippen molar-refractivity contribution < 1.29 is 9.53 Å². The van der Waals surface area contributed by atoms with E-state index in [1.54, 1.807) is 12.1 Å². The largest absolute Gasteiger partial charge is 0.423 e. The van der Waals surface area contributed by atoms with E-state index in [0.29, 0.717) is 5.75 Å². The summed E-state index contributed by atoms with van der Waals surface area (Å²) in [6.07, 6.45) is 1.16. The van der Waals surface area contributed by atoms with Gasteiger partial charge in [0.05, 0.1) is 5.69 Å². The summed E-state index contributed by atoms with van der Waals surface area (Å²) in [7, 11) is 0. The van der Waals surface area contributed by atoms with Gasteiger partial charge in [-0.05, 0) is 65.2 Å². The Kier molecular flexibility index (Phi) is 6.72. The summed E-state index contributed by atoms with van der Waals surface area (Å²) in [6, 6.07) is 45.2. The van der Waals surface area contributed by atoms with Gasteiger partial charge >= 0.3 is 5.97 Å². The summed E-state index contributed by atoms with van der Waals surface area (Å²) >= 11 is 0. The number of esters is 1. The molecular weight excluding hydrogens is 442 g/mol. The number of rotatable bonds is 7. The molecular formula is C33H25NO2. The topological polar surface area (TPSA) is 29.5 Å². The molecule has 5 aromatic carbocycles. The van der Waals surface area contributed by atoms with E-state index in [9.17, 15) is 4.79 Å². The van der Waals surface area contributed by atoms with Crippen molar-refractivity contribution in [1.29, 1.82) is 0 Å². The highest BCUT2D eigenvalue weighted by Gasteiger charge is 2.17. The third kappa shape index (κ3) is 4.96. The Bertz CT molecular complexity index is 1420. The SMILES string of the molecule is C=CC(=O)Oc1ccc(-c2ccc(N(c3ccccc3)c3ccccc3)c(-c3ccccc3)c2)cc1. The van der Waals surface area contributed by atoms with Crippen molar-refractivity contribution in [3.63, 3.8) is 0 Å². The third-order valence-electron chi connectivity index (χ3n) is 5.92. The van der Waals surface area contributed by atoms with Crippen molar-refractivity contribution in [2.45, 2.75) is 0 Å². The van der Waals surface area contributed by atoms with E-state index >= 15 is 0 Å². The van der Waals surface area contributed by atoms with Crippen LogP contribution in [0.3, 0.4) is 0 Å². The van der Waals surface area contributed by atoms with Gasteiger partial charge in [0.25, 0.3) is 0 Å². The number of para-hydroxylation sites is 2. The van der Waals surface area contributed by atoms with Crippen LogP contribution >= 0.6 is 0 Å². The molecule has 0 aliphatic carbocycles. The summed E-state index contributed by atoms with van der Waals surface area (Å²) in [6.45, 7) is 3.45. The Morgan fingerprint density at radius 3 is 1.69 bits per heavy atom. The monoisotopic (exact) mass is 467 g/mol. The lowest BCUT2D eigenvalue weighted by Crippen LogP contribution is -2.11. The Hall–Kier alpha value is -4.89. The molecule has 3 nitrogen and oxygen atoms in total. The molecule has 5 rings (SSSR count). The number of carbonyl (C=O) groups excluding carboxylic acids is 1. The van der Waals surface area contributed by atoms with Gasteiger partial charge in [-0.3, -0.25) is 0 Å². The first-order valence-corrected chi connectivity index (χ1v) is 11.8. The average molecular weight is 468 g/mol.